The Morgan fingerprint density at radius 2 is 1.64 bits per heavy atom. The number of amides is 2. The third-order valence-electron chi connectivity index (χ3n) is 2.67. The van der Waals surface area contributed by atoms with Crippen molar-refractivity contribution in [3.05, 3.63) is 35.4 Å². The zero-order valence-corrected chi connectivity index (χ0v) is 13.5. The molecule has 0 aliphatic carbocycles. The van der Waals surface area contributed by atoms with Gasteiger partial charge in [0.2, 0.25) is 0 Å². The molecule has 0 saturated carbocycles. The maximum absolute atomic E-state index is 12.5. The molecule has 0 aliphatic rings. The fourth-order valence-corrected chi connectivity index (χ4v) is 1.58. The third-order valence-corrected chi connectivity index (χ3v) is 2.67. The van der Waals surface area contributed by atoms with Crippen LogP contribution in [0.25, 0.3) is 0 Å². The van der Waals surface area contributed by atoms with E-state index in [1.165, 1.54) is 7.11 Å². The second-order valence-corrected chi connectivity index (χ2v) is 5.81. The second-order valence-electron chi connectivity index (χ2n) is 5.81. The van der Waals surface area contributed by atoms with Crippen molar-refractivity contribution >= 4 is 18.0 Å². The van der Waals surface area contributed by atoms with E-state index in [1.54, 1.807) is 45.0 Å². The van der Waals surface area contributed by atoms with Gasteiger partial charge in [0, 0.05) is 5.56 Å². The van der Waals surface area contributed by atoms with Gasteiger partial charge < -0.3 is 9.47 Å². The van der Waals surface area contributed by atoms with Crippen molar-refractivity contribution in [2.24, 2.45) is 0 Å². The second kappa shape index (κ2) is 7.06. The highest BCUT2D eigenvalue weighted by molar-refractivity contribution is 6.04. The summed E-state index contributed by atoms with van der Waals surface area (Å²) in [6.45, 7) is 6.42. The molecule has 0 saturated heterocycles. The Morgan fingerprint density at radius 3 is 2.09 bits per heavy atom. The molecule has 0 heterocycles. The van der Waals surface area contributed by atoms with Gasteiger partial charge in [-0.3, -0.25) is 9.59 Å². The highest BCUT2D eigenvalue weighted by Gasteiger charge is 2.30. The number of carbonyl (C=O) groups is 3. The number of hydrogen-bond donors (Lipinski definition) is 0. The maximum Gasteiger partial charge on any atom is 0.417 e. The summed E-state index contributed by atoms with van der Waals surface area (Å²) in [5.74, 6) is -1.31. The van der Waals surface area contributed by atoms with Crippen LogP contribution in [0.15, 0.2) is 24.3 Å². The van der Waals surface area contributed by atoms with Gasteiger partial charge in [-0.15, -0.1) is 0 Å². The van der Waals surface area contributed by atoms with Crippen molar-refractivity contribution in [1.29, 1.82) is 0 Å². The van der Waals surface area contributed by atoms with E-state index in [-0.39, 0.29) is 0 Å². The largest absolute Gasteiger partial charge is 0.468 e. The predicted octanol–water partition coefficient (Wildman–Crippen LogP) is 2.55. The minimum absolute atomic E-state index is 0.292. The zero-order chi connectivity index (χ0) is 16.9. The summed E-state index contributed by atoms with van der Waals surface area (Å²) in [6.07, 6.45) is -0.886. The molecular weight excluding hydrogens is 286 g/mol. The van der Waals surface area contributed by atoms with Crippen molar-refractivity contribution in [1.82, 2.24) is 4.90 Å². The van der Waals surface area contributed by atoms with E-state index in [1.807, 2.05) is 6.92 Å². The van der Waals surface area contributed by atoms with Crippen LogP contribution in [0.4, 0.5) is 4.79 Å². The first kappa shape index (κ1) is 17.7. The van der Waals surface area contributed by atoms with Gasteiger partial charge in [-0.2, -0.15) is 0 Å². The Kier molecular flexibility index (Phi) is 5.68. The molecule has 0 aromatic heterocycles. The number of benzene rings is 1. The van der Waals surface area contributed by atoms with Crippen LogP contribution < -0.4 is 0 Å². The molecule has 0 radical (unpaired) electrons. The lowest BCUT2D eigenvalue weighted by Gasteiger charge is -2.25. The molecule has 1 aromatic rings. The number of esters is 1. The van der Waals surface area contributed by atoms with Crippen LogP contribution in [0.2, 0.25) is 0 Å². The molecule has 1 rings (SSSR count). The van der Waals surface area contributed by atoms with Gasteiger partial charge in [0.05, 0.1) is 7.11 Å². The van der Waals surface area contributed by atoms with Gasteiger partial charge in [-0.05, 0) is 39.8 Å². The van der Waals surface area contributed by atoms with E-state index >= 15 is 0 Å². The summed E-state index contributed by atoms with van der Waals surface area (Å²) < 4.78 is 9.70. The lowest BCUT2D eigenvalue weighted by atomic mass is 10.1. The number of carbonyl (C=O) groups excluding carboxylic acids is 3. The quantitative estimate of drug-likeness (QED) is 0.802. The van der Waals surface area contributed by atoms with Gasteiger partial charge >= 0.3 is 12.1 Å². The highest BCUT2D eigenvalue weighted by Crippen LogP contribution is 2.13. The normalized spacial score (nSPS) is 10.8. The summed E-state index contributed by atoms with van der Waals surface area (Å²) in [6, 6.07) is 6.68. The number of rotatable bonds is 3. The van der Waals surface area contributed by atoms with Crippen molar-refractivity contribution in [3.63, 3.8) is 0 Å². The molecule has 0 bridgehead atoms. The van der Waals surface area contributed by atoms with E-state index in [4.69, 9.17) is 4.74 Å². The Bertz CT molecular complexity index is 557. The summed E-state index contributed by atoms with van der Waals surface area (Å²) in [4.78, 5) is 36.8. The first-order chi connectivity index (χ1) is 10.1. The van der Waals surface area contributed by atoms with Crippen molar-refractivity contribution in [2.75, 3.05) is 13.7 Å². The number of imide groups is 1. The molecule has 0 N–H and O–H groups in total. The van der Waals surface area contributed by atoms with E-state index in [9.17, 15) is 14.4 Å². The molecule has 0 unspecified atom stereocenters. The minimum atomic E-state index is -0.886. The smallest absolute Gasteiger partial charge is 0.417 e. The number of methoxy groups -OCH3 is 1. The predicted molar refractivity (Wildman–Crippen MR) is 80.5 cm³/mol. The van der Waals surface area contributed by atoms with Crippen LogP contribution in [0.1, 0.15) is 36.7 Å². The molecule has 1 aromatic carbocycles. The van der Waals surface area contributed by atoms with Crippen LogP contribution in [-0.4, -0.2) is 42.1 Å². The Labute approximate surface area is 130 Å². The monoisotopic (exact) mass is 307 g/mol. The molecule has 0 aliphatic heterocycles. The standard InChI is InChI=1S/C16H21NO5/c1-11-6-8-12(9-7-11)14(19)17(10-13(18)21-5)15(20)22-16(2,3)4/h6-9H,10H2,1-5H3. The summed E-state index contributed by atoms with van der Waals surface area (Å²) >= 11 is 0. The molecule has 120 valence electrons. The molecule has 2 amide bonds. The molecule has 0 fully saturated rings. The van der Waals surface area contributed by atoms with E-state index in [0.29, 0.717) is 5.56 Å². The molecule has 0 spiro atoms. The van der Waals surface area contributed by atoms with Crippen molar-refractivity contribution < 1.29 is 23.9 Å². The summed E-state index contributed by atoms with van der Waals surface area (Å²) in [5.41, 5.74) is 0.493. The molecular formula is C16H21NO5. The first-order valence-electron chi connectivity index (χ1n) is 6.82. The van der Waals surface area contributed by atoms with Gasteiger partial charge in [-0.25, -0.2) is 9.69 Å². The fourth-order valence-electron chi connectivity index (χ4n) is 1.58. The van der Waals surface area contributed by atoms with Crippen molar-refractivity contribution in [2.45, 2.75) is 33.3 Å². The van der Waals surface area contributed by atoms with Crippen molar-refractivity contribution in [3.8, 4) is 0 Å². The SMILES string of the molecule is COC(=O)CN(C(=O)OC(C)(C)C)C(=O)c1ccc(C)cc1. The van der Waals surface area contributed by atoms with Gasteiger partial charge in [0.25, 0.3) is 5.91 Å². The van der Waals surface area contributed by atoms with Crippen LogP contribution in [0.3, 0.4) is 0 Å². The van der Waals surface area contributed by atoms with Crippen LogP contribution in [-0.2, 0) is 14.3 Å². The van der Waals surface area contributed by atoms with E-state index < -0.39 is 30.1 Å². The Balaban J connectivity index is 3.03. The third kappa shape index (κ3) is 5.20. The van der Waals surface area contributed by atoms with Gasteiger partial charge in [0.1, 0.15) is 12.1 Å². The number of hydrogen-bond acceptors (Lipinski definition) is 5. The fraction of sp³-hybridized carbons (Fsp3) is 0.438. The summed E-state index contributed by atoms with van der Waals surface area (Å²) in [5, 5.41) is 0. The molecule has 0 atom stereocenters. The van der Waals surface area contributed by atoms with Crippen LogP contribution in [0, 0.1) is 6.92 Å². The Morgan fingerprint density at radius 1 is 1.09 bits per heavy atom. The average molecular weight is 307 g/mol. The topological polar surface area (TPSA) is 72.9 Å². The van der Waals surface area contributed by atoms with E-state index in [0.717, 1.165) is 10.5 Å². The lowest BCUT2D eigenvalue weighted by molar-refractivity contribution is -0.141. The van der Waals surface area contributed by atoms with Crippen LogP contribution >= 0.6 is 0 Å². The molecule has 22 heavy (non-hydrogen) atoms. The average Bonchev–Trinajstić information content (AvgIpc) is 2.42. The zero-order valence-electron chi connectivity index (χ0n) is 13.5. The van der Waals surface area contributed by atoms with Gasteiger partial charge in [0.15, 0.2) is 0 Å². The lowest BCUT2D eigenvalue weighted by Crippen LogP contribution is -2.43. The molecule has 6 heteroatoms. The number of ether oxygens (including phenoxy) is 2. The molecule has 6 nitrogen and oxygen atoms in total. The summed E-state index contributed by atoms with van der Waals surface area (Å²) in [7, 11) is 1.19. The minimum Gasteiger partial charge on any atom is -0.468 e. The van der Waals surface area contributed by atoms with Crippen LogP contribution in [0.5, 0.6) is 0 Å². The number of aryl methyl sites for hydroxylation is 1. The first-order valence-corrected chi connectivity index (χ1v) is 6.82. The highest BCUT2D eigenvalue weighted by atomic mass is 16.6. The number of nitrogens with zero attached hydrogens (tertiary/aromatic N) is 1. The maximum atomic E-state index is 12.5. The van der Waals surface area contributed by atoms with Gasteiger partial charge in [-0.1, -0.05) is 17.7 Å². The van der Waals surface area contributed by atoms with E-state index in [2.05, 4.69) is 4.74 Å². The Hall–Kier alpha value is -2.37.